The molecule has 53 heavy (non-hydrogen) atoms. The number of furan rings is 2. The Bertz CT molecular complexity index is 3460. The zero-order valence-electron chi connectivity index (χ0n) is 28.2. The van der Waals surface area contributed by atoms with Gasteiger partial charge in [-0.25, -0.2) is 9.97 Å². The van der Waals surface area contributed by atoms with Crippen LogP contribution in [0.4, 0.5) is 0 Å². The minimum atomic E-state index is 0.599. The summed E-state index contributed by atoms with van der Waals surface area (Å²) >= 11 is 0. The van der Waals surface area contributed by atoms with Gasteiger partial charge in [0, 0.05) is 37.9 Å². The molecule has 5 nitrogen and oxygen atoms in total. The number of para-hydroxylation sites is 3. The molecule has 0 fully saturated rings. The SMILES string of the molecule is c1ccc(-c2cc3oc4c(ccc5c4c4ccccc4n5-c4nc(-c5ccc6c(c5)oc5ccccc56)c5ccccc5n4)c3c3ccccc23)cc1. The largest absolute Gasteiger partial charge is 0.456 e. The summed E-state index contributed by atoms with van der Waals surface area (Å²) in [5.74, 6) is 0.599. The molecule has 0 saturated carbocycles. The highest BCUT2D eigenvalue weighted by Crippen LogP contribution is 2.45. The molecule has 0 saturated heterocycles. The monoisotopic (exact) mass is 677 g/mol. The second-order valence-electron chi connectivity index (χ2n) is 13.7. The minimum Gasteiger partial charge on any atom is -0.456 e. The summed E-state index contributed by atoms with van der Waals surface area (Å²) in [4.78, 5) is 10.6. The molecular weight excluding hydrogens is 651 g/mol. The third-order valence-corrected chi connectivity index (χ3v) is 10.8. The van der Waals surface area contributed by atoms with Gasteiger partial charge in [-0.05, 0) is 70.4 Å². The fourth-order valence-electron chi connectivity index (χ4n) is 8.48. The average molecular weight is 678 g/mol. The molecule has 0 aliphatic rings. The van der Waals surface area contributed by atoms with E-state index in [1.807, 2.05) is 30.3 Å². The first kappa shape index (κ1) is 28.5. The molecular formula is C48H27N3O2. The first-order chi connectivity index (χ1) is 26.3. The number of aromatic nitrogens is 3. The summed E-state index contributed by atoms with van der Waals surface area (Å²) in [6.07, 6.45) is 0. The van der Waals surface area contributed by atoms with E-state index in [2.05, 4.69) is 138 Å². The van der Waals surface area contributed by atoms with Crippen molar-refractivity contribution in [2.75, 3.05) is 0 Å². The molecule has 0 atom stereocenters. The second kappa shape index (κ2) is 10.6. The minimum absolute atomic E-state index is 0.599. The lowest BCUT2D eigenvalue weighted by Crippen LogP contribution is -2.03. The van der Waals surface area contributed by atoms with Crippen LogP contribution in [0.5, 0.6) is 0 Å². The Morgan fingerprint density at radius 3 is 1.98 bits per heavy atom. The number of hydrogen-bond acceptors (Lipinski definition) is 4. The van der Waals surface area contributed by atoms with Crippen molar-refractivity contribution >= 4 is 87.4 Å². The quantitative estimate of drug-likeness (QED) is 0.187. The van der Waals surface area contributed by atoms with Crippen LogP contribution in [0.1, 0.15) is 0 Å². The first-order valence-electron chi connectivity index (χ1n) is 17.8. The van der Waals surface area contributed by atoms with E-state index in [4.69, 9.17) is 18.8 Å². The van der Waals surface area contributed by atoms with Crippen molar-refractivity contribution in [2.45, 2.75) is 0 Å². The molecule has 0 aliphatic heterocycles. The van der Waals surface area contributed by atoms with Crippen LogP contribution < -0.4 is 0 Å². The van der Waals surface area contributed by atoms with Crippen LogP contribution >= 0.6 is 0 Å². The summed E-state index contributed by atoms with van der Waals surface area (Å²) < 4.78 is 15.4. The molecule has 0 bridgehead atoms. The Morgan fingerprint density at radius 2 is 1.09 bits per heavy atom. The first-order valence-corrected chi connectivity index (χ1v) is 17.8. The molecule has 12 aromatic rings. The predicted molar refractivity (Wildman–Crippen MR) is 217 cm³/mol. The average Bonchev–Trinajstić information content (AvgIpc) is 3.89. The van der Waals surface area contributed by atoms with Crippen molar-refractivity contribution in [3.05, 3.63) is 164 Å². The number of fused-ring (bicyclic) bond motifs is 13. The highest BCUT2D eigenvalue weighted by molar-refractivity contribution is 6.29. The Balaban J connectivity index is 1.14. The maximum absolute atomic E-state index is 6.96. The Hall–Kier alpha value is -7.24. The van der Waals surface area contributed by atoms with E-state index in [1.165, 1.54) is 10.8 Å². The maximum Gasteiger partial charge on any atom is 0.235 e. The molecule has 0 N–H and O–H groups in total. The summed E-state index contributed by atoms with van der Waals surface area (Å²) in [7, 11) is 0. The third kappa shape index (κ3) is 4.02. The molecule has 0 aliphatic carbocycles. The Morgan fingerprint density at radius 1 is 0.396 bits per heavy atom. The van der Waals surface area contributed by atoms with Gasteiger partial charge < -0.3 is 8.83 Å². The lowest BCUT2D eigenvalue weighted by molar-refractivity contribution is 0.669. The number of hydrogen-bond donors (Lipinski definition) is 0. The van der Waals surface area contributed by atoms with Gasteiger partial charge in [0.05, 0.1) is 27.6 Å². The molecule has 0 radical (unpaired) electrons. The van der Waals surface area contributed by atoms with Crippen molar-refractivity contribution in [2.24, 2.45) is 0 Å². The number of nitrogens with zero attached hydrogens (tertiary/aromatic N) is 3. The van der Waals surface area contributed by atoms with Gasteiger partial charge in [-0.1, -0.05) is 115 Å². The second-order valence-corrected chi connectivity index (χ2v) is 13.7. The van der Waals surface area contributed by atoms with E-state index in [9.17, 15) is 0 Å². The molecule has 4 aromatic heterocycles. The van der Waals surface area contributed by atoms with Crippen LogP contribution in [0, 0.1) is 0 Å². The van der Waals surface area contributed by atoms with Crippen molar-refractivity contribution in [1.82, 2.24) is 14.5 Å². The molecule has 5 heteroatoms. The topological polar surface area (TPSA) is 57.0 Å². The lowest BCUT2D eigenvalue weighted by atomic mass is 9.95. The molecule has 12 rings (SSSR count). The third-order valence-electron chi connectivity index (χ3n) is 10.8. The Kier molecular flexibility index (Phi) is 5.71. The molecule has 0 spiro atoms. The van der Waals surface area contributed by atoms with Crippen LogP contribution in [0.3, 0.4) is 0 Å². The van der Waals surface area contributed by atoms with Crippen molar-refractivity contribution < 1.29 is 8.83 Å². The smallest absolute Gasteiger partial charge is 0.235 e. The van der Waals surface area contributed by atoms with Crippen molar-refractivity contribution in [3.63, 3.8) is 0 Å². The van der Waals surface area contributed by atoms with E-state index >= 15 is 0 Å². The van der Waals surface area contributed by atoms with Crippen LogP contribution in [-0.2, 0) is 0 Å². The summed E-state index contributed by atoms with van der Waals surface area (Å²) in [5, 5.41) is 9.89. The molecule has 8 aromatic carbocycles. The van der Waals surface area contributed by atoms with Crippen molar-refractivity contribution in [3.8, 4) is 28.3 Å². The zero-order chi connectivity index (χ0) is 34.6. The van der Waals surface area contributed by atoms with E-state index in [0.29, 0.717) is 5.95 Å². The lowest BCUT2D eigenvalue weighted by Gasteiger charge is -2.11. The van der Waals surface area contributed by atoms with Gasteiger partial charge >= 0.3 is 0 Å². The maximum atomic E-state index is 6.96. The van der Waals surface area contributed by atoms with Gasteiger partial charge in [0.15, 0.2) is 0 Å². The van der Waals surface area contributed by atoms with Gasteiger partial charge in [0.25, 0.3) is 0 Å². The highest BCUT2D eigenvalue weighted by atomic mass is 16.3. The number of benzene rings is 8. The van der Waals surface area contributed by atoms with Crippen LogP contribution in [-0.4, -0.2) is 14.5 Å². The van der Waals surface area contributed by atoms with Gasteiger partial charge in [-0.15, -0.1) is 0 Å². The molecule has 0 amide bonds. The fourth-order valence-corrected chi connectivity index (χ4v) is 8.48. The summed E-state index contributed by atoms with van der Waals surface area (Å²) in [6.45, 7) is 0. The van der Waals surface area contributed by atoms with Crippen molar-refractivity contribution in [1.29, 1.82) is 0 Å². The van der Waals surface area contributed by atoms with E-state index in [-0.39, 0.29) is 0 Å². The van der Waals surface area contributed by atoms with E-state index < -0.39 is 0 Å². The van der Waals surface area contributed by atoms with Gasteiger partial charge in [0.2, 0.25) is 5.95 Å². The standard InChI is InChI=1S/C48H27N3O2/c1-2-12-28(13-3-1)37-27-43-44(33-16-5-4-14-30(33)37)36-24-25-40-45(47(36)53-43)35-18-7-10-20-39(35)51(40)48-49-38-19-9-6-17-34(38)46(50-48)29-22-23-32-31-15-8-11-21-41(31)52-42(32)26-29/h1-27H. The fraction of sp³-hybridized carbons (Fsp3) is 0. The van der Waals surface area contributed by atoms with Crippen LogP contribution in [0.25, 0.3) is 116 Å². The van der Waals surface area contributed by atoms with Crippen LogP contribution in [0.2, 0.25) is 0 Å². The molecule has 246 valence electrons. The van der Waals surface area contributed by atoms with Gasteiger partial charge in [-0.2, -0.15) is 0 Å². The normalized spacial score (nSPS) is 12.2. The summed E-state index contributed by atoms with van der Waals surface area (Å²) in [6, 6.07) is 57.0. The molecule has 0 unspecified atom stereocenters. The highest BCUT2D eigenvalue weighted by Gasteiger charge is 2.23. The summed E-state index contributed by atoms with van der Waals surface area (Å²) in [5.41, 5.74) is 10.4. The Labute approximate surface area is 302 Å². The van der Waals surface area contributed by atoms with E-state index in [0.717, 1.165) is 99.0 Å². The number of rotatable bonds is 3. The van der Waals surface area contributed by atoms with Gasteiger partial charge in [0.1, 0.15) is 22.3 Å². The van der Waals surface area contributed by atoms with E-state index in [1.54, 1.807) is 0 Å². The molecule has 4 heterocycles. The van der Waals surface area contributed by atoms with Gasteiger partial charge in [-0.3, -0.25) is 4.57 Å². The van der Waals surface area contributed by atoms with Crippen LogP contribution in [0.15, 0.2) is 173 Å². The zero-order valence-corrected chi connectivity index (χ0v) is 28.2. The predicted octanol–water partition coefficient (Wildman–Crippen LogP) is 13.0.